The van der Waals surface area contributed by atoms with Gasteiger partial charge in [-0.2, -0.15) is 0 Å². The van der Waals surface area contributed by atoms with Gasteiger partial charge in [-0.1, -0.05) is 12.2 Å². The van der Waals surface area contributed by atoms with Crippen LogP contribution in [0, 0.1) is 0 Å². The van der Waals surface area contributed by atoms with Gasteiger partial charge in [-0.05, 0) is 23.9 Å². The van der Waals surface area contributed by atoms with E-state index in [1.54, 1.807) is 19.2 Å². The molecule has 0 amide bonds. The summed E-state index contributed by atoms with van der Waals surface area (Å²) < 4.78 is 10.8. The van der Waals surface area contributed by atoms with Crippen LogP contribution in [0.3, 0.4) is 0 Å². The maximum absolute atomic E-state index is 11.5. The van der Waals surface area contributed by atoms with Gasteiger partial charge < -0.3 is 9.47 Å². The Morgan fingerprint density at radius 1 is 1.13 bits per heavy atom. The predicted molar refractivity (Wildman–Crippen MR) is 63.2 cm³/mol. The Hall–Kier alpha value is -1.07. The van der Waals surface area contributed by atoms with Crippen LogP contribution in [0.5, 0.6) is 11.5 Å². The van der Waals surface area contributed by atoms with Crippen LogP contribution < -0.4 is 9.47 Å². The Morgan fingerprint density at radius 3 is 2.20 bits per heavy atom. The molecule has 2 rings (SSSR count). The normalized spacial score (nSPS) is 14.0. The molecule has 0 saturated carbocycles. The van der Waals surface area contributed by atoms with Crippen molar-refractivity contribution >= 4 is 33.3 Å². The summed E-state index contributed by atoms with van der Waals surface area (Å²) in [5.41, 5.74) is 1.36. The average Bonchev–Trinajstić information content (AvgIpc) is 2.52. The summed E-state index contributed by atoms with van der Waals surface area (Å²) in [6.45, 7) is 0. The second-order valence-electron chi connectivity index (χ2n) is 2.93. The summed E-state index contributed by atoms with van der Waals surface area (Å²) >= 11 is 6.15. The first kappa shape index (κ1) is 10.4. The van der Waals surface area contributed by atoms with Crippen LogP contribution in [0.25, 0.3) is 0 Å². The van der Waals surface area contributed by atoms with E-state index in [1.165, 1.54) is 7.11 Å². The summed E-state index contributed by atoms with van der Waals surface area (Å²) in [4.78, 5) is 11.5. The van der Waals surface area contributed by atoms with E-state index in [9.17, 15) is 4.79 Å². The van der Waals surface area contributed by atoms with Crippen molar-refractivity contribution in [3.8, 4) is 11.5 Å². The number of methoxy groups -OCH3 is 2. The van der Waals surface area contributed by atoms with Gasteiger partial charge in [-0.25, -0.2) is 0 Å². The standard InChI is InChI=1S/C10H8O3S2/c1-12-7-3-5-6(4-8(7)13-2)10(14)15-9(5)11/h3-4H,1-2H3. The first-order chi connectivity index (χ1) is 7.17. The Kier molecular flexibility index (Phi) is 2.67. The first-order valence-corrected chi connectivity index (χ1v) is 5.42. The molecule has 0 radical (unpaired) electrons. The molecule has 1 aromatic rings. The van der Waals surface area contributed by atoms with E-state index in [0.29, 0.717) is 21.3 Å². The van der Waals surface area contributed by atoms with Crippen molar-refractivity contribution < 1.29 is 14.3 Å². The van der Waals surface area contributed by atoms with Gasteiger partial charge in [0.25, 0.3) is 0 Å². The monoisotopic (exact) mass is 240 g/mol. The lowest BCUT2D eigenvalue weighted by Crippen LogP contribution is -1.96. The van der Waals surface area contributed by atoms with Gasteiger partial charge in [0.1, 0.15) is 0 Å². The molecule has 1 aliphatic heterocycles. The molecular weight excluding hydrogens is 232 g/mol. The Labute approximate surface area is 96.8 Å². The molecule has 15 heavy (non-hydrogen) atoms. The second kappa shape index (κ2) is 3.83. The fraction of sp³-hybridized carbons (Fsp3) is 0.200. The van der Waals surface area contributed by atoms with Gasteiger partial charge in [-0.15, -0.1) is 0 Å². The van der Waals surface area contributed by atoms with Crippen molar-refractivity contribution in [3.63, 3.8) is 0 Å². The smallest absolute Gasteiger partial charge is 0.225 e. The minimum Gasteiger partial charge on any atom is -0.493 e. The van der Waals surface area contributed by atoms with Crippen LogP contribution in [0.1, 0.15) is 15.9 Å². The van der Waals surface area contributed by atoms with Gasteiger partial charge in [-0.3, -0.25) is 4.79 Å². The van der Waals surface area contributed by atoms with Crippen molar-refractivity contribution in [3.05, 3.63) is 23.3 Å². The van der Waals surface area contributed by atoms with Crippen LogP contribution >= 0.6 is 24.0 Å². The minimum absolute atomic E-state index is 0.0315. The lowest BCUT2D eigenvalue weighted by molar-refractivity contribution is 0.109. The maximum atomic E-state index is 11.5. The highest BCUT2D eigenvalue weighted by Crippen LogP contribution is 2.38. The molecule has 0 unspecified atom stereocenters. The maximum Gasteiger partial charge on any atom is 0.225 e. The Morgan fingerprint density at radius 2 is 1.67 bits per heavy atom. The molecular formula is C10H8O3S2. The Bertz CT molecular complexity index is 413. The van der Waals surface area contributed by atoms with Crippen molar-refractivity contribution in [2.75, 3.05) is 14.2 Å². The van der Waals surface area contributed by atoms with Crippen molar-refractivity contribution in [2.24, 2.45) is 0 Å². The van der Waals surface area contributed by atoms with Crippen LogP contribution in [-0.4, -0.2) is 23.5 Å². The molecule has 78 valence electrons. The fourth-order valence-corrected chi connectivity index (χ4v) is 2.53. The molecule has 1 heterocycles. The molecule has 0 atom stereocenters. The van der Waals surface area contributed by atoms with E-state index < -0.39 is 0 Å². The van der Waals surface area contributed by atoms with Gasteiger partial charge in [0.05, 0.1) is 18.4 Å². The van der Waals surface area contributed by atoms with Crippen LogP contribution in [0.15, 0.2) is 12.1 Å². The largest absolute Gasteiger partial charge is 0.493 e. The third-order valence-corrected chi connectivity index (χ3v) is 3.43. The SMILES string of the molecule is COc1cc2c(cc1OC)C(=S)SC2=O. The molecule has 0 bridgehead atoms. The number of carbonyl (C=O) groups excluding carboxylic acids is 1. The van der Waals surface area contributed by atoms with Gasteiger partial charge in [0.15, 0.2) is 11.5 Å². The number of thiocarbonyl (C=S) groups is 1. The number of thioether (sulfide) groups is 1. The molecule has 0 aromatic heterocycles. The van der Waals surface area contributed by atoms with E-state index in [2.05, 4.69) is 0 Å². The summed E-state index contributed by atoms with van der Waals surface area (Å²) in [5, 5.41) is -0.0315. The van der Waals surface area contributed by atoms with E-state index in [-0.39, 0.29) is 5.12 Å². The van der Waals surface area contributed by atoms with Gasteiger partial charge in [0.2, 0.25) is 5.12 Å². The highest BCUT2D eigenvalue weighted by molar-refractivity contribution is 8.34. The first-order valence-electron chi connectivity index (χ1n) is 4.20. The molecule has 0 aliphatic carbocycles. The topological polar surface area (TPSA) is 35.5 Å². The van der Waals surface area contributed by atoms with Crippen molar-refractivity contribution in [2.45, 2.75) is 0 Å². The minimum atomic E-state index is -0.0315. The van der Waals surface area contributed by atoms with Crippen LogP contribution in [-0.2, 0) is 0 Å². The molecule has 0 saturated heterocycles. The van der Waals surface area contributed by atoms with E-state index in [4.69, 9.17) is 21.7 Å². The summed E-state index contributed by atoms with van der Waals surface area (Å²) in [7, 11) is 3.09. The molecule has 5 heteroatoms. The van der Waals surface area contributed by atoms with Crippen molar-refractivity contribution in [1.82, 2.24) is 0 Å². The highest BCUT2D eigenvalue weighted by atomic mass is 32.2. The van der Waals surface area contributed by atoms with E-state index in [1.807, 2.05) is 0 Å². The fourth-order valence-electron chi connectivity index (χ4n) is 1.41. The molecule has 1 aliphatic rings. The summed E-state index contributed by atoms with van der Waals surface area (Å²) in [5.74, 6) is 1.14. The van der Waals surface area contributed by atoms with Crippen LogP contribution in [0.4, 0.5) is 0 Å². The highest BCUT2D eigenvalue weighted by Gasteiger charge is 2.27. The zero-order chi connectivity index (χ0) is 11.0. The number of fused-ring (bicyclic) bond motifs is 1. The third kappa shape index (κ3) is 1.61. The molecule has 0 N–H and O–H groups in total. The number of ether oxygens (including phenoxy) is 2. The quantitative estimate of drug-likeness (QED) is 0.741. The zero-order valence-electron chi connectivity index (χ0n) is 8.20. The number of hydrogen-bond acceptors (Lipinski definition) is 5. The third-order valence-electron chi connectivity index (χ3n) is 2.15. The summed E-state index contributed by atoms with van der Waals surface area (Å²) in [6, 6.07) is 3.41. The van der Waals surface area contributed by atoms with E-state index >= 15 is 0 Å². The lowest BCUT2D eigenvalue weighted by atomic mass is 10.1. The number of hydrogen-bond donors (Lipinski definition) is 0. The average molecular weight is 240 g/mol. The molecule has 0 fully saturated rings. The number of carbonyl (C=O) groups is 1. The summed E-state index contributed by atoms with van der Waals surface area (Å²) in [6.07, 6.45) is 0. The predicted octanol–water partition coefficient (Wildman–Crippen LogP) is 2.27. The zero-order valence-corrected chi connectivity index (χ0v) is 9.83. The molecule has 0 spiro atoms. The van der Waals surface area contributed by atoms with E-state index in [0.717, 1.165) is 17.3 Å². The van der Waals surface area contributed by atoms with Gasteiger partial charge in [0, 0.05) is 11.1 Å². The number of rotatable bonds is 2. The van der Waals surface area contributed by atoms with Gasteiger partial charge >= 0.3 is 0 Å². The number of benzene rings is 1. The second-order valence-corrected chi connectivity index (χ2v) is 4.58. The lowest BCUT2D eigenvalue weighted by Gasteiger charge is -2.08. The van der Waals surface area contributed by atoms with Crippen LogP contribution in [0.2, 0.25) is 0 Å². The Balaban J connectivity index is 2.63. The molecule has 3 nitrogen and oxygen atoms in total. The van der Waals surface area contributed by atoms with Crippen molar-refractivity contribution in [1.29, 1.82) is 0 Å². The molecule has 1 aromatic carbocycles.